The second-order valence-electron chi connectivity index (χ2n) is 5.02. The van der Waals surface area contributed by atoms with Crippen LogP contribution in [-0.2, 0) is 14.3 Å². The molecule has 0 bridgehead atoms. The van der Waals surface area contributed by atoms with Crippen LogP contribution in [0.2, 0.25) is 0 Å². The monoisotopic (exact) mass is 334 g/mol. The second kappa shape index (κ2) is 9.45. The van der Waals surface area contributed by atoms with E-state index in [0.717, 1.165) is 0 Å². The largest absolute Gasteiger partial charge is 0.411 e. The van der Waals surface area contributed by atoms with Gasteiger partial charge in [-0.1, -0.05) is 0 Å². The van der Waals surface area contributed by atoms with Crippen molar-refractivity contribution in [2.24, 2.45) is 11.7 Å². The Kier molecular flexibility index (Phi) is 9.19. The molecule has 2 atom stereocenters. The Morgan fingerprint density at radius 3 is 2.52 bits per heavy atom. The molecule has 0 aliphatic carbocycles. The zero-order valence-electron chi connectivity index (χ0n) is 11.8. The van der Waals surface area contributed by atoms with E-state index in [-0.39, 0.29) is 30.8 Å². The first-order valence-electron chi connectivity index (χ1n) is 6.58. The quantitative estimate of drug-likeness (QED) is 0.766. The number of halogens is 4. The number of nitrogens with two attached hydrogens (primary N) is 1. The molecular formula is C12H22ClF3N2O3. The topological polar surface area (TPSA) is 73.6 Å². The molecule has 0 saturated carbocycles. The van der Waals surface area contributed by atoms with Crippen LogP contribution in [0.15, 0.2) is 0 Å². The predicted molar refractivity (Wildman–Crippen MR) is 73.2 cm³/mol. The number of nitrogens with one attached hydrogen (secondary N) is 1. The maximum atomic E-state index is 11.9. The molecule has 1 fully saturated rings. The molecule has 1 amide bonds. The molecule has 2 unspecified atom stereocenters. The average molecular weight is 335 g/mol. The fourth-order valence-electron chi connectivity index (χ4n) is 2.02. The van der Waals surface area contributed by atoms with Crippen molar-refractivity contribution in [2.45, 2.75) is 38.0 Å². The van der Waals surface area contributed by atoms with Crippen LogP contribution in [0.5, 0.6) is 0 Å². The number of alkyl halides is 3. The van der Waals surface area contributed by atoms with E-state index in [2.05, 4.69) is 10.1 Å². The molecule has 1 aliphatic rings. The van der Waals surface area contributed by atoms with E-state index in [1.54, 1.807) is 6.92 Å². The lowest BCUT2D eigenvalue weighted by molar-refractivity contribution is -0.175. The van der Waals surface area contributed by atoms with Gasteiger partial charge >= 0.3 is 6.18 Å². The number of ether oxygens (including phenoxy) is 2. The molecule has 0 radical (unpaired) electrons. The summed E-state index contributed by atoms with van der Waals surface area (Å²) in [6.07, 6.45) is -2.93. The van der Waals surface area contributed by atoms with Gasteiger partial charge in [0.2, 0.25) is 5.91 Å². The van der Waals surface area contributed by atoms with Crippen molar-refractivity contribution in [3.8, 4) is 0 Å². The third kappa shape index (κ3) is 8.45. The van der Waals surface area contributed by atoms with Gasteiger partial charge in [-0.15, -0.1) is 12.4 Å². The average Bonchev–Trinajstić information content (AvgIpc) is 2.37. The van der Waals surface area contributed by atoms with Crippen LogP contribution >= 0.6 is 12.4 Å². The van der Waals surface area contributed by atoms with Gasteiger partial charge in [0.05, 0.1) is 12.6 Å². The van der Waals surface area contributed by atoms with E-state index in [1.807, 2.05) is 0 Å². The third-order valence-corrected chi connectivity index (χ3v) is 3.10. The SMILES string of the molecule is CC(COCC(F)(F)F)NC(=O)C(N)C1CCOCC1.Cl. The number of rotatable bonds is 6. The Balaban J connectivity index is 0.00000400. The maximum Gasteiger partial charge on any atom is 0.411 e. The van der Waals surface area contributed by atoms with Crippen LogP contribution in [0.4, 0.5) is 13.2 Å². The van der Waals surface area contributed by atoms with Gasteiger partial charge in [0.1, 0.15) is 6.61 Å². The molecule has 1 saturated heterocycles. The zero-order valence-corrected chi connectivity index (χ0v) is 12.6. The van der Waals surface area contributed by atoms with Crippen LogP contribution < -0.4 is 11.1 Å². The number of hydrogen-bond donors (Lipinski definition) is 2. The van der Waals surface area contributed by atoms with Gasteiger partial charge in [-0.3, -0.25) is 4.79 Å². The van der Waals surface area contributed by atoms with Crippen LogP contribution in [0.1, 0.15) is 19.8 Å². The Morgan fingerprint density at radius 2 is 2.00 bits per heavy atom. The summed E-state index contributed by atoms with van der Waals surface area (Å²) in [6, 6.07) is -1.18. The van der Waals surface area contributed by atoms with Gasteiger partial charge in [-0.2, -0.15) is 13.2 Å². The second-order valence-corrected chi connectivity index (χ2v) is 5.02. The van der Waals surface area contributed by atoms with Crippen molar-refractivity contribution in [3.63, 3.8) is 0 Å². The summed E-state index contributed by atoms with van der Waals surface area (Å²) in [6.45, 7) is 1.21. The van der Waals surface area contributed by atoms with Crippen LogP contribution in [-0.4, -0.2) is 50.6 Å². The molecule has 3 N–H and O–H groups in total. The van der Waals surface area contributed by atoms with E-state index in [4.69, 9.17) is 10.5 Å². The molecule has 126 valence electrons. The van der Waals surface area contributed by atoms with Crippen molar-refractivity contribution < 1.29 is 27.4 Å². The third-order valence-electron chi connectivity index (χ3n) is 3.10. The van der Waals surface area contributed by atoms with Gasteiger partial charge in [0, 0.05) is 19.3 Å². The molecule has 0 aromatic rings. The van der Waals surface area contributed by atoms with Crippen molar-refractivity contribution in [2.75, 3.05) is 26.4 Å². The Labute approximate surface area is 128 Å². The van der Waals surface area contributed by atoms with Crippen LogP contribution in [0.25, 0.3) is 0 Å². The first kappa shape index (κ1) is 20.4. The van der Waals surface area contributed by atoms with Gasteiger partial charge in [0.15, 0.2) is 0 Å². The van der Waals surface area contributed by atoms with E-state index in [9.17, 15) is 18.0 Å². The van der Waals surface area contributed by atoms with Gasteiger partial charge in [-0.25, -0.2) is 0 Å². The fraction of sp³-hybridized carbons (Fsp3) is 0.917. The van der Waals surface area contributed by atoms with Crippen molar-refractivity contribution in [1.29, 1.82) is 0 Å². The minimum atomic E-state index is -4.36. The highest BCUT2D eigenvalue weighted by molar-refractivity contribution is 5.85. The van der Waals surface area contributed by atoms with Crippen LogP contribution in [0.3, 0.4) is 0 Å². The van der Waals surface area contributed by atoms with Crippen molar-refractivity contribution in [3.05, 3.63) is 0 Å². The number of carbonyl (C=O) groups excluding carboxylic acids is 1. The van der Waals surface area contributed by atoms with Gasteiger partial charge in [0.25, 0.3) is 0 Å². The zero-order chi connectivity index (χ0) is 15.2. The molecule has 0 aromatic heterocycles. The number of amides is 1. The first-order valence-corrected chi connectivity index (χ1v) is 6.58. The molecule has 5 nitrogen and oxygen atoms in total. The van der Waals surface area contributed by atoms with Crippen molar-refractivity contribution in [1.82, 2.24) is 5.32 Å². The molecule has 21 heavy (non-hydrogen) atoms. The molecule has 9 heteroatoms. The highest BCUT2D eigenvalue weighted by atomic mass is 35.5. The van der Waals surface area contributed by atoms with Crippen molar-refractivity contribution >= 4 is 18.3 Å². The molecule has 0 aromatic carbocycles. The summed E-state index contributed by atoms with van der Waals surface area (Å²) >= 11 is 0. The van der Waals surface area contributed by atoms with E-state index in [1.165, 1.54) is 0 Å². The lowest BCUT2D eigenvalue weighted by Crippen LogP contribution is -2.50. The Hall–Kier alpha value is -0.570. The Morgan fingerprint density at radius 1 is 1.43 bits per heavy atom. The first-order chi connectivity index (χ1) is 9.29. The summed E-state index contributed by atoms with van der Waals surface area (Å²) in [4.78, 5) is 11.9. The fourth-order valence-corrected chi connectivity index (χ4v) is 2.02. The summed E-state index contributed by atoms with van der Waals surface area (Å²) < 4.78 is 45.4. The molecular weight excluding hydrogens is 313 g/mol. The lowest BCUT2D eigenvalue weighted by atomic mass is 9.92. The van der Waals surface area contributed by atoms with E-state index >= 15 is 0 Å². The summed E-state index contributed by atoms with van der Waals surface area (Å²) in [7, 11) is 0. The predicted octanol–water partition coefficient (Wildman–Crippen LogP) is 1.25. The molecule has 0 spiro atoms. The highest BCUT2D eigenvalue weighted by Crippen LogP contribution is 2.18. The van der Waals surface area contributed by atoms with Gasteiger partial charge < -0.3 is 20.5 Å². The van der Waals surface area contributed by atoms with E-state index in [0.29, 0.717) is 26.1 Å². The summed E-state index contributed by atoms with van der Waals surface area (Å²) in [5.41, 5.74) is 5.85. The summed E-state index contributed by atoms with van der Waals surface area (Å²) in [5, 5.41) is 2.57. The Bertz CT molecular complexity index is 313. The highest BCUT2D eigenvalue weighted by Gasteiger charge is 2.29. The normalized spacial score (nSPS) is 19.5. The molecule has 1 aliphatic heterocycles. The number of carbonyl (C=O) groups is 1. The van der Waals surface area contributed by atoms with Gasteiger partial charge in [-0.05, 0) is 25.7 Å². The minimum Gasteiger partial charge on any atom is -0.381 e. The summed E-state index contributed by atoms with van der Waals surface area (Å²) in [5.74, 6) is -0.313. The smallest absolute Gasteiger partial charge is 0.381 e. The lowest BCUT2D eigenvalue weighted by Gasteiger charge is -2.27. The van der Waals surface area contributed by atoms with E-state index < -0.39 is 24.9 Å². The molecule has 1 heterocycles. The van der Waals surface area contributed by atoms with Crippen LogP contribution in [0, 0.1) is 5.92 Å². The minimum absolute atomic E-state index is 0. The maximum absolute atomic E-state index is 11.9. The molecule has 1 rings (SSSR count). The number of hydrogen-bond acceptors (Lipinski definition) is 4. The standard InChI is InChI=1S/C12H21F3N2O3.ClH/c1-8(6-20-7-12(13,14)15)17-11(18)10(16)9-2-4-19-5-3-9;/h8-10H,2-7,16H2,1H3,(H,17,18);1H.